The molecule has 1 aliphatic heterocycles. The van der Waals surface area contributed by atoms with E-state index in [2.05, 4.69) is 10.3 Å². The third-order valence-corrected chi connectivity index (χ3v) is 8.20. The minimum atomic E-state index is -3.13. The summed E-state index contributed by atoms with van der Waals surface area (Å²) < 4.78 is 24.9. The Labute approximate surface area is 177 Å². The number of anilines is 1. The Morgan fingerprint density at radius 1 is 1.17 bits per heavy atom. The Morgan fingerprint density at radius 2 is 1.87 bits per heavy atom. The van der Waals surface area contributed by atoms with Crippen LogP contribution in [-0.2, 0) is 10.0 Å². The summed E-state index contributed by atoms with van der Waals surface area (Å²) in [6.07, 6.45) is 8.35. The molecule has 1 saturated heterocycles. The van der Waals surface area contributed by atoms with Gasteiger partial charge in [0.15, 0.2) is 0 Å². The van der Waals surface area contributed by atoms with Gasteiger partial charge in [0.1, 0.15) is 0 Å². The summed E-state index contributed by atoms with van der Waals surface area (Å²) in [5.41, 5.74) is 2.25. The van der Waals surface area contributed by atoms with E-state index in [0.29, 0.717) is 25.0 Å². The van der Waals surface area contributed by atoms with Gasteiger partial charge in [0, 0.05) is 42.3 Å². The van der Waals surface area contributed by atoms with Gasteiger partial charge in [-0.3, -0.25) is 4.98 Å². The van der Waals surface area contributed by atoms with Crippen molar-refractivity contribution in [2.24, 2.45) is 5.92 Å². The number of rotatable bonds is 5. The molecule has 162 valence electrons. The molecular formula is C21H29N5O3S. The first-order chi connectivity index (χ1) is 14.2. The van der Waals surface area contributed by atoms with Crippen LogP contribution in [0.25, 0.3) is 10.9 Å². The van der Waals surface area contributed by atoms with Crippen molar-refractivity contribution in [2.75, 3.05) is 24.7 Å². The summed E-state index contributed by atoms with van der Waals surface area (Å²) in [5, 5.41) is 15.1. The van der Waals surface area contributed by atoms with E-state index < -0.39 is 15.6 Å². The molecule has 3 aliphatic rings. The van der Waals surface area contributed by atoms with Gasteiger partial charge in [-0.05, 0) is 57.4 Å². The minimum Gasteiger partial charge on any atom is -0.390 e. The molecule has 3 heterocycles. The zero-order valence-corrected chi connectivity index (χ0v) is 18.3. The van der Waals surface area contributed by atoms with E-state index in [1.807, 2.05) is 19.2 Å². The Morgan fingerprint density at radius 3 is 2.50 bits per heavy atom. The lowest BCUT2D eigenvalue weighted by Gasteiger charge is -2.44. The Kier molecular flexibility index (Phi) is 4.75. The average molecular weight is 432 g/mol. The van der Waals surface area contributed by atoms with Gasteiger partial charge >= 0.3 is 0 Å². The van der Waals surface area contributed by atoms with Crippen molar-refractivity contribution in [1.29, 1.82) is 0 Å². The molecule has 0 unspecified atom stereocenters. The first-order valence-corrected chi connectivity index (χ1v) is 12.6. The third kappa shape index (κ3) is 3.78. The molecule has 3 fully saturated rings. The number of pyridine rings is 1. The van der Waals surface area contributed by atoms with Gasteiger partial charge in [0.05, 0.1) is 23.1 Å². The summed E-state index contributed by atoms with van der Waals surface area (Å²) in [6, 6.07) is 2.14. The van der Waals surface area contributed by atoms with Crippen molar-refractivity contribution >= 4 is 26.9 Å². The van der Waals surface area contributed by atoms with Gasteiger partial charge in [-0.2, -0.15) is 0 Å². The Balaban J connectivity index is 1.34. The average Bonchev–Trinajstić information content (AvgIpc) is 3.50. The van der Waals surface area contributed by atoms with Crippen LogP contribution < -0.4 is 5.32 Å². The van der Waals surface area contributed by atoms with Crippen molar-refractivity contribution in [1.82, 2.24) is 19.3 Å². The molecule has 30 heavy (non-hydrogen) atoms. The van der Waals surface area contributed by atoms with Gasteiger partial charge in [-0.1, -0.05) is 0 Å². The summed E-state index contributed by atoms with van der Waals surface area (Å²) in [4.78, 5) is 14.1. The molecule has 2 N–H and O–H groups in total. The number of aliphatic hydroxyl groups is 1. The highest BCUT2D eigenvalue weighted by molar-refractivity contribution is 7.88. The second-order valence-corrected chi connectivity index (χ2v) is 11.3. The summed E-state index contributed by atoms with van der Waals surface area (Å²) >= 11 is 0. The van der Waals surface area contributed by atoms with Gasteiger partial charge in [0.25, 0.3) is 0 Å². The molecule has 0 aromatic carbocycles. The highest BCUT2D eigenvalue weighted by Crippen LogP contribution is 2.56. The molecule has 2 aromatic heterocycles. The second-order valence-electron chi connectivity index (χ2n) is 9.34. The van der Waals surface area contributed by atoms with E-state index in [9.17, 15) is 13.5 Å². The number of hydrogen-bond acceptors (Lipinski definition) is 7. The van der Waals surface area contributed by atoms with Crippen LogP contribution in [0.4, 0.5) is 5.95 Å². The molecule has 0 amide bonds. The van der Waals surface area contributed by atoms with E-state index >= 15 is 0 Å². The molecule has 5 rings (SSSR count). The molecule has 8 nitrogen and oxygen atoms in total. The van der Waals surface area contributed by atoms with Gasteiger partial charge < -0.3 is 10.4 Å². The normalized spacial score (nSPS) is 28.4. The predicted octanol–water partition coefficient (Wildman–Crippen LogP) is 2.19. The topological polar surface area (TPSA) is 108 Å². The highest BCUT2D eigenvalue weighted by Gasteiger charge is 2.53. The number of hydrogen-bond donors (Lipinski definition) is 2. The Bertz CT molecular complexity index is 1070. The number of nitrogens with zero attached hydrogens (tertiary/aromatic N) is 4. The van der Waals surface area contributed by atoms with Crippen LogP contribution in [0, 0.1) is 12.8 Å². The van der Waals surface area contributed by atoms with Crippen molar-refractivity contribution in [3.05, 3.63) is 23.7 Å². The van der Waals surface area contributed by atoms with E-state index in [0.717, 1.165) is 60.8 Å². The fraction of sp³-hybridized carbons (Fsp3) is 0.667. The van der Waals surface area contributed by atoms with Gasteiger partial charge in [0.2, 0.25) is 16.0 Å². The maximum atomic E-state index is 11.7. The van der Waals surface area contributed by atoms with Crippen LogP contribution in [0.5, 0.6) is 0 Å². The number of nitrogens with one attached hydrogen (secondary N) is 1. The van der Waals surface area contributed by atoms with Crippen LogP contribution in [-0.4, -0.2) is 63.8 Å². The van der Waals surface area contributed by atoms with Crippen LogP contribution >= 0.6 is 0 Å². The number of aromatic nitrogens is 3. The zero-order chi connectivity index (χ0) is 21.1. The molecule has 0 atom stereocenters. The van der Waals surface area contributed by atoms with Crippen molar-refractivity contribution in [2.45, 2.75) is 63.0 Å². The summed E-state index contributed by atoms with van der Waals surface area (Å²) in [5.74, 6) is 1.26. The van der Waals surface area contributed by atoms with Crippen molar-refractivity contribution in [3.63, 3.8) is 0 Å². The fourth-order valence-corrected chi connectivity index (χ4v) is 5.89. The quantitative estimate of drug-likeness (QED) is 0.747. The van der Waals surface area contributed by atoms with Crippen LogP contribution in [0.15, 0.2) is 12.3 Å². The summed E-state index contributed by atoms with van der Waals surface area (Å²) in [6.45, 7) is 3.01. The van der Waals surface area contributed by atoms with Gasteiger partial charge in [-0.25, -0.2) is 22.7 Å². The maximum absolute atomic E-state index is 11.7. The van der Waals surface area contributed by atoms with E-state index in [1.54, 1.807) is 0 Å². The van der Waals surface area contributed by atoms with E-state index in [4.69, 9.17) is 9.97 Å². The standard InChI is InChI=1S/C21H29N5O3S/c1-13-9-14-12-22-20(24-17-5-7-26(8-6-17)30(2,28)29)25-18(14)19(23-13)15-10-21(27,11-15)16-3-4-16/h9,12,15-17,27H,3-8,10-11H2,1-2H3,(H,22,24,25). The number of aryl methyl sites for hydroxylation is 1. The summed E-state index contributed by atoms with van der Waals surface area (Å²) in [7, 11) is -3.13. The predicted molar refractivity (Wildman–Crippen MR) is 115 cm³/mol. The number of fused-ring (bicyclic) bond motifs is 1. The molecule has 9 heteroatoms. The van der Waals surface area contributed by atoms with E-state index in [-0.39, 0.29) is 12.0 Å². The van der Waals surface area contributed by atoms with Crippen molar-refractivity contribution < 1.29 is 13.5 Å². The third-order valence-electron chi connectivity index (χ3n) is 6.90. The van der Waals surface area contributed by atoms with Gasteiger partial charge in [-0.15, -0.1) is 0 Å². The monoisotopic (exact) mass is 431 g/mol. The molecule has 0 bridgehead atoms. The van der Waals surface area contributed by atoms with Crippen LogP contribution in [0.3, 0.4) is 0 Å². The largest absolute Gasteiger partial charge is 0.390 e. The molecule has 2 aromatic rings. The highest BCUT2D eigenvalue weighted by atomic mass is 32.2. The minimum absolute atomic E-state index is 0.144. The molecule has 2 saturated carbocycles. The second kappa shape index (κ2) is 7.10. The SMILES string of the molecule is Cc1cc2cnc(NC3CCN(S(C)(=O)=O)CC3)nc2c(C2CC(O)(C3CC3)C2)n1. The first kappa shape index (κ1) is 20.1. The fourth-order valence-electron chi connectivity index (χ4n) is 5.01. The number of sulfonamides is 1. The first-order valence-electron chi connectivity index (χ1n) is 10.8. The van der Waals surface area contributed by atoms with Crippen molar-refractivity contribution in [3.8, 4) is 0 Å². The zero-order valence-electron chi connectivity index (χ0n) is 17.5. The lowest BCUT2D eigenvalue weighted by atomic mass is 9.66. The lowest BCUT2D eigenvalue weighted by molar-refractivity contribution is -0.0685. The number of piperidine rings is 1. The maximum Gasteiger partial charge on any atom is 0.223 e. The smallest absolute Gasteiger partial charge is 0.223 e. The lowest BCUT2D eigenvalue weighted by Crippen LogP contribution is -2.44. The molecule has 2 aliphatic carbocycles. The van der Waals surface area contributed by atoms with E-state index in [1.165, 1.54) is 10.6 Å². The molecule has 0 spiro atoms. The van der Waals surface area contributed by atoms with Crippen LogP contribution in [0.1, 0.15) is 55.8 Å². The molecule has 0 radical (unpaired) electrons. The Hall–Kier alpha value is -1.84. The van der Waals surface area contributed by atoms with Crippen LogP contribution in [0.2, 0.25) is 0 Å². The molecular weight excluding hydrogens is 402 g/mol.